The predicted molar refractivity (Wildman–Crippen MR) is 75.8 cm³/mol. The Labute approximate surface area is 110 Å². The highest BCUT2D eigenvalue weighted by molar-refractivity contribution is 5.30. The van der Waals surface area contributed by atoms with Crippen molar-refractivity contribution in [2.75, 3.05) is 26.2 Å². The fourth-order valence-electron chi connectivity index (χ4n) is 3.67. The Bertz CT molecular complexity index is 408. The second-order valence-electron chi connectivity index (χ2n) is 6.23. The van der Waals surface area contributed by atoms with Gasteiger partial charge < -0.3 is 5.32 Å². The van der Waals surface area contributed by atoms with Crippen LogP contribution in [0.3, 0.4) is 0 Å². The maximum Gasteiger partial charge on any atom is 0.0320 e. The molecule has 1 aromatic rings. The van der Waals surface area contributed by atoms with Crippen LogP contribution in [-0.2, 0) is 0 Å². The first-order chi connectivity index (χ1) is 8.63. The van der Waals surface area contributed by atoms with Gasteiger partial charge in [-0.2, -0.15) is 0 Å². The van der Waals surface area contributed by atoms with Crippen molar-refractivity contribution in [1.82, 2.24) is 10.2 Å². The van der Waals surface area contributed by atoms with E-state index in [2.05, 4.69) is 49.2 Å². The normalized spacial score (nSPS) is 29.5. The smallest absolute Gasteiger partial charge is 0.0320 e. The zero-order valence-electron chi connectivity index (χ0n) is 11.7. The molecule has 18 heavy (non-hydrogen) atoms. The van der Waals surface area contributed by atoms with Crippen LogP contribution < -0.4 is 5.32 Å². The predicted octanol–water partition coefficient (Wildman–Crippen LogP) is 2.52. The van der Waals surface area contributed by atoms with Crippen molar-refractivity contribution in [3.63, 3.8) is 0 Å². The molecule has 0 radical (unpaired) electrons. The van der Waals surface area contributed by atoms with Gasteiger partial charge in [0.05, 0.1) is 0 Å². The van der Waals surface area contributed by atoms with E-state index in [1.165, 1.54) is 42.9 Å². The van der Waals surface area contributed by atoms with Gasteiger partial charge in [-0.1, -0.05) is 29.3 Å². The van der Waals surface area contributed by atoms with Gasteiger partial charge in [0.1, 0.15) is 0 Å². The molecule has 1 aromatic carbocycles. The van der Waals surface area contributed by atoms with Gasteiger partial charge in [-0.3, -0.25) is 4.90 Å². The lowest BCUT2D eigenvalue weighted by Gasteiger charge is -2.26. The summed E-state index contributed by atoms with van der Waals surface area (Å²) in [6.07, 6.45) is 0. The molecule has 2 nitrogen and oxygen atoms in total. The summed E-state index contributed by atoms with van der Waals surface area (Å²) in [5.74, 6) is 1.77. The molecule has 1 N–H and O–H groups in total. The van der Waals surface area contributed by atoms with Gasteiger partial charge in [-0.05, 0) is 51.3 Å². The fourth-order valence-corrected chi connectivity index (χ4v) is 3.67. The Morgan fingerprint density at radius 3 is 2.17 bits per heavy atom. The number of benzene rings is 1. The summed E-state index contributed by atoms with van der Waals surface area (Å²) in [4.78, 5) is 2.67. The maximum atomic E-state index is 3.52. The van der Waals surface area contributed by atoms with Crippen LogP contribution in [0.5, 0.6) is 0 Å². The Morgan fingerprint density at radius 2 is 1.61 bits per heavy atom. The number of hydrogen-bond acceptors (Lipinski definition) is 2. The van der Waals surface area contributed by atoms with E-state index >= 15 is 0 Å². The summed E-state index contributed by atoms with van der Waals surface area (Å²) >= 11 is 0. The summed E-state index contributed by atoms with van der Waals surface area (Å²) in [6, 6.07) is 7.53. The molecule has 0 saturated carbocycles. The van der Waals surface area contributed by atoms with Gasteiger partial charge >= 0.3 is 0 Å². The van der Waals surface area contributed by atoms with E-state index < -0.39 is 0 Å². The number of nitrogens with one attached hydrogen (secondary N) is 1. The first-order valence-electron chi connectivity index (χ1n) is 7.16. The van der Waals surface area contributed by atoms with Crippen molar-refractivity contribution in [3.8, 4) is 0 Å². The van der Waals surface area contributed by atoms with Crippen LogP contribution in [0.2, 0.25) is 0 Å². The molecule has 3 rings (SSSR count). The molecule has 2 fully saturated rings. The molecule has 2 heterocycles. The molecule has 2 aliphatic rings. The lowest BCUT2D eigenvalue weighted by atomic mass is 10.0. The second kappa shape index (κ2) is 4.67. The second-order valence-corrected chi connectivity index (χ2v) is 6.23. The van der Waals surface area contributed by atoms with Gasteiger partial charge in [0.25, 0.3) is 0 Å². The molecular formula is C16H24N2. The van der Waals surface area contributed by atoms with Crippen LogP contribution in [-0.4, -0.2) is 31.1 Å². The monoisotopic (exact) mass is 244 g/mol. The highest BCUT2D eigenvalue weighted by atomic mass is 15.2. The standard InChI is InChI=1S/C16H24N2/c1-11-4-12(2)6-14(5-11)13(3)18-9-15-7-17-8-16(15)10-18/h4-6,13,15-17H,7-10H2,1-3H3. The van der Waals surface area contributed by atoms with Crippen molar-refractivity contribution in [2.45, 2.75) is 26.8 Å². The summed E-state index contributed by atoms with van der Waals surface area (Å²) in [5.41, 5.74) is 4.26. The molecule has 3 unspecified atom stereocenters. The molecule has 0 amide bonds. The minimum absolute atomic E-state index is 0.564. The third-order valence-electron chi connectivity index (χ3n) is 4.69. The Hall–Kier alpha value is -0.860. The van der Waals surface area contributed by atoms with E-state index in [0.717, 1.165) is 11.8 Å². The summed E-state index contributed by atoms with van der Waals surface area (Å²) in [7, 11) is 0. The van der Waals surface area contributed by atoms with Gasteiger partial charge in [0.2, 0.25) is 0 Å². The maximum absolute atomic E-state index is 3.52. The molecule has 0 aliphatic carbocycles. The minimum Gasteiger partial charge on any atom is -0.316 e. The number of nitrogens with zero attached hydrogens (tertiary/aromatic N) is 1. The molecule has 0 spiro atoms. The first kappa shape index (κ1) is 12.2. The van der Waals surface area contributed by atoms with E-state index in [-0.39, 0.29) is 0 Å². The molecule has 2 aliphatic heterocycles. The van der Waals surface area contributed by atoms with Gasteiger partial charge in [-0.15, -0.1) is 0 Å². The largest absolute Gasteiger partial charge is 0.316 e. The third kappa shape index (κ3) is 2.19. The van der Waals surface area contributed by atoms with Crippen LogP contribution in [0, 0.1) is 25.7 Å². The Kier molecular flexibility index (Phi) is 3.16. The minimum atomic E-state index is 0.564. The van der Waals surface area contributed by atoms with E-state index in [1.807, 2.05) is 0 Å². The van der Waals surface area contributed by atoms with Crippen LogP contribution in [0.1, 0.15) is 29.7 Å². The quantitative estimate of drug-likeness (QED) is 0.860. The summed E-state index contributed by atoms with van der Waals surface area (Å²) < 4.78 is 0. The van der Waals surface area contributed by atoms with Crippen molar-refractivity contribution < 1.29 is 0 Å². The van der Waals surface area contributed by atoms with Crippen LogP contribution >= 0.6 is 0 Å². The highest BCUT2D eigenvalue weighted by Gasteiger charge is 2.37. The molecule has 0 aromatic heterocycles. The Morgan fingerprint density at radius 1 is 1.06 bits per heavy atom. The number of rotatable bonds is 2. The van der Waals surface area contributed by atoms with Crippen molar-refractivity contribution in [2.24, 2.45) is 11.8 Å². The summed E-state index contributed by atoms with van der Waals surface area (Å²) in [5, 5.41) is 3.52. The van der Waals surface area contributed by atoms with E-state index in [9.17, 15) is 0 Å². The van der Waals surface area contributed by atoms with Gasteiger partial charge in [0.15, 0.2) is 0 Å². The molecule has 98 valence electrons. The topological polar surface area (TPSA) is 15.3 Å². The number of aryl methyl sites for hydroxylation is 2. The molecule has 2 saturated heterocycles. The van der Waals surface area contributed by atoms with Crippen LogP contribution in [0.15, 0.2) is 18.2 Å². The van der Waals surface area contributed by atoms with Gasteiger partial charge in [-0.25, -0.2) is 0 Å². The van der Waals surface area contributed by atoms with Crippen molar-refractivity contribution in [3.05, 3.63) is 34.9 Å². The van der Waals surface area contributed by atoms with Crippen molar-refractivity contribution in [1.29, 1.82) is 0 Å². The zero-order valence-corrected chi connectivity index (χ0v) is 11.7. The lowest BCUT2D eigenvalue weighted by Crippen LogP contribution is -2.28. The number of hydrogen-bond donors (Lipinski definition) is 1. The number of fused-ring (bicyclic) bond motifs is 1. The molecule has 2 heteroatoms. The van der Waals surface area contributed by atoms with E-state index in [4.69, 9.17) is 0 Å². The van der Waals surface area contributed by atoms with Crippen molar-refractivity contribution >= 4 is 0 Å². The summed E-state index contributed by atoms with van der Waals surface area (Å²) in [6.45, 7) is 11.7. The van der Waals surface area contributed by atoms with E-state index in [0.29, 0.717) is 6.04 Å². The van der Waals surface area contributed by atoms with Crippen LogP contribution in [0.4, 0.5) is 0 Å². The molecule has 3 atom stereocenters. The zero-order chi connectivity index (χ0) is 12.7. The molecular weight excluding hydrogens is 220 g/mol. The highest BCUT2D eigenvalue weighted by Crippen LogP contribution is 2.33. The molecule has 0 bridgehead atoms. The first-order valence-corrected chi connectivity index (χ1v) is 7.16. The lowest BCUT2D eigenvalue weighted by molar-refractivity contribution is 0.244. The van der Waals surface area contributed by atoms with E-state index in [1.54, 1.807) is 0 Å². The average Bonchev–Trinajstić information content (AvgIpc) is 2.86. The Balaban J connectivity index is 1.76. The van der Waals surface area contributed by atoms with Gasteiger partial charge in [0, 0.05) is 19.1 Å². The fraction of sp³-hybridized carbons (Fsp3) is 0.625. The average molecular weight is 244 g/mol. The third-order valence-corrected chi connectivity index (χ3v) is 4.69. The number of likely N-dealkylation sites (tertiary alicyclic amines) is 1. The van der Waals surface area contributed by atoms with Crippen LogP contribution in [0.25, 0.3) is 0 Å². The SMILES string of the molecule is Cc1cc(C)cc(C(C)N2CC3CNCC3C2)c1.